The number of anilines is 2. The maximum absolute atomic E-state index is 14.5. The van der Waals surface area contributed by atoms with Gasteiger partial charge in [-0.3, -0.25) is 9.69 Å². The summed E-state index contributed by atoms with van der Waals surface area (Å²) in [6, 6.07) is 3.14. The van der Waals surface area contributed by atoms with Crippen molar-refractivity contribution in [3.63, 3.8) is 0 Å². The number of carbonyl (C=O) groups excluding carboxylic acids is 1. The lowest BCUT2D eigenvalue weighted by Gasteiger charge is -2.50. The van der Waals surface area contributed by atoms with Gasteiger partial charge in [-0.15, -0.1) is 0 Å². The van der Waals surface area contributed by atoms with Gasteiger partial charge in [0.2, 0.25) is 5.91 Å². The number of rotatable bonds is 7. The Morgan fingerprint density at radius 2 is 2.03 bits per heavy atom. The van der Waals surface area contributed by atoms with Crippen molar-refractivity contribution in [2.45, 2.75) is 65.0 Å². The van der Waals surface area contributed by atoms with Crippen LogP contribution in [0.4, 0.5) is 15.8 Å². The van der Waals surface area contributed by atoms with Gasteiger partial charge in [0.15, 0.2) is 13.1 Å². The number of amides is 1. The Morgan fingerprint density at radius 3 is 2.69 bits per heavy atom. The van der Waals surface area contributed by atoms with E-state index in [2.05, 4.69) is 44.3 Å². The molecule has 3 heterocycles. The molecule has 5 rings (SSSR count). The van der Waals surface area contributed by atoms with Crippen molar-refractivity contribution in [2.75, 3.05) is 43.4 Å². The van der Waals surface area contributed by atoms with E-state index in [0.29, 0.717) is 41.4 Å². The first-order valence-corrected chi connectivity index (χ1v) is 13.1. The number of piperidine rings is 1. The van der Waals surface area contributed by atoms with Crippen LogP contribution in [0.3, 0.4) is 0 Å². The Morgan fingerprint density at radius 1 is 1.31 bits per heavy atom. The van der Waals surface area contributed by atoms with Crippen LogP contribution < -0.4 is 21.5 Å². The average molecular weight is 486 g/mol. The van der Waals surface area contributed by atoms with E-state index in [1.807, 2.05) is 27.7 Å². The summed E-state index contributed by atoms with van der Waals surface area (Å²) in [7, 11) is 0. The molecule has 1 saturated carbocycles. The molecule has 0 aromatic heterocycles. The lowest BCUT2D eigenvalue weighted by atomic mass is 9.57. The number of likely N-dealkylation sites (tertiary alicyclic amines) is 1. The van der Waals surface area contributed by atoms with Crippen LogP contribution in [0.25, 0.3) is 0 Å². The highest BCUT2D eigenvalue weighted by molar-refractivity contribution is 6.08. The summed E-state index contributed by atoms with van der Waals surface area (Å²) < 4.78 is 16.6. The number of benzene rings is 1. The van der Waals surface area contributed by atoms with E-state index in [0.717, 1.165) is 38.2 Å². The minimum Gasteiger partial charge on any atom is -0.384 e. The van der Waals surface area contributed by atoms with Crippen LogP contribution in [-0.2, 0) is 10.3 Å². The number of carbonyl (C=O) groups is 1. The molecule has 0 bridgehead atoms. The van der Waals surface area contributed by atoms with E-state index in [4.69, 9.17) is 0 Å². The maximum Gasteiger partial charge on any atom is 0.249 e. The fraction of sp³-hybridized carbons (Fsp3) is 0.630. The molecule has 2 atom stereocenters. The highest BCUT2D eigenvalue weighted by atomic mass is 19.1. The molecule has 192 valence electrons. The highest BCUT2D eigenvalue weighted by Gasteiger charge is 2.57. The van der Waals surface area contributed by atoms with Gasteiger partial charge in [-0.1, -0.05) is 20.4 Å². The van der Waals surface area contributed by atoms with Crippen molar-refractivity contribution in [2.24, 2.45) is 11.3 Å². The van der Waals surface area contributed by atoms with Crippen LogP contribution in [0.2, 0.25) is 0 Å². The van der Waals surface area contributed by atoms with Gasteiger partial charge >= 0.3 is 0 Å². The zero-order valence-electron chi connectivity index (χ0n) is 21.8. The summed E-state index contributed by atoms with van der Waals surface area (Å²) in [5.41, 5.74) is 9.50. The molecule has 8 heteroatoms. The molecule has 2 saturated heterocycles. The molecule has 1 aliphatic carbocycles. The van der Waals surface area contributed by atoms with Gasteiger partial charge in [-0.2, -0.15) is 0 Å². The van der Waals surface area contributed by atoms with Gasteiger partial charge in [0.05, 0.1) is 16.8 Å². The number of allylic oxidation sites excluding steroid dienone is 1. The third kappa shape index (κ3) is 4.58. The zero-order chi connectivity index (χ0) is 25.4. The number of hydrazine groups is 1. The predicted octanol–water partition coefficient (Wildman–Crippen LogP) is 3.65. The fourth-order valence-electron chi connectivity index (χ4n) is 6.32. The molecule has 3 fully saturated rings. The SMILES string of the molecule is C=C(NNC1CCCN(C2(C)C(=O)Nc3c(NCC)cc(F)cc32)C1)C1CC2(C1)C[N+](=C)C2.CC. The molecule has 3 aliphatic heterocycles. The van der Waals surface area contributed by atoms with Crippen LogP contribution in [0.15, 0.2) is 24.4 Å². The quantitative estimate of drug-likeness (QED) is 0.351. The molecule has 2 unspecified atom stereocenters. The first kappa shape index (κ1) is 25.6. The number of nitrogens with one attached hydrogen (secondary N) is 4. The number of fused-ring (bicyclic) bond motifs is 1. The lowest BCUT2D eigenvalue weighted by molar-refractivity contribution is -0.631. The summed E-state index contributed by atoms with van der Waals surface area (Å²) in [4.78, 5) is 15.4. The van der Waals surface area contributed by atoms with Gasteiger partial charge in [0.1, 0.15) is 18.1 Å². The second kappa shape index (κ2) is 9.90. The number of nitrogens with zero attached hydrogens (tertiary/aromatic N) is 2. The van der Waals surface area contributed by atoms with E-state index in [1.54, 1.807) is 0 Å². The van der Waals surface area contributed by atoms with Crippen molar-refractivity contribution in [1.82, 2.24) is 15.8 Å². The van der Waals surface area contributed by atoms with Crippen LogP contribution in [0.1, 0.15) is 58.9 Å². The van der Waals surface area contributed by atoms with E-state index < -0.39 is 5.54 Å². The molecule has 35 heavy (non-hydrogen) atoms. The van der Waals surface area contributed by atoms with E-state index in [9.17, 15) is 9.18 Å². The van der Waals surface area contributed by atoms with Gasteiger partial charge < -0.3 is 16.1 Å². The Bertz CT molecular complexity index is 994. The Labute approximate surface area is 209 Å². The van der Waals surface area contributed by atoms with Crippen molar-refractivity contribution >= 4 is 24.0 Å². The lowest BCUT2D eigenvalue weighted by Crippen LogP contribution is -2.60. The smallest absolute Gasteiger partial charge is 0.249 e. The predicted molar refractivity (Wildman–Crippen MR) is 140 cm³/mol. The Hall–Kier alpha value is -2.45. The molecule has 1 spiro atoms. The van der Waals surface area contributed by atoms with Crippen molar-refractivity contribution in [3.05, 3.63) is 35.8 Å². The largest absolute Gasteiger partial charge is 0.384 e. The summed E-state index contributed by atoms with van der Waals surface area (Å²) in [5, 5.41) is 6.19. The number of hydrogen-bond donors (Lipinski definition) is 4. The molecule has 4 aliphatic rings. The van der Waals surface area contributed by atoms with Crippen LogP contribution in [0.5, 0.6) is 0 Å². The van der Waals surface area contributed by atoms with Gasteiger partial charge in [0.25, 0.3) is 0 Å². The van der Waals surface area contributed by atoms with E-state index in [-0.39, 0.29) is 17.8 Å². The van der Waals surface area contributed by atoms with Crippen LogP contribution >= 0.6 is 0 Å². The maximum atomic E-state index is 14.5. The average Bonchev–Trinajstić information content (AvgIpc) is 3.06. The number of halogens is 1. The van der Waals surface area contributed by atoms with Gasteiger partial charge in [0, 0.05) is 36.3 Å². The number of hydrogen-bond acceptors (Lipinski definition) is 5. The molecular formula is C27H42FN6O+. The Kier molecular flexibility index (Phi) is 7.25. The zero-order valence-corrected chi connectivity index (χ0v) is 21.8. The third-order valence-electron chi connectivity index (χ3n) is 8.14. The summed E-state index contributed by atoms with van der Waals surface area (Å²) >= 11 is 0. The van der Waals surface area contributed by atoms with E-state index >= 15 is 0 Å². The first-order chi connectivity index (χ1) is 16.7. The second-order valence-corrected chi connectivity index (χ2v) is 10.6. The normalized spacial score (nSPS) is 27.2. The monoisotopic (exact) mass is 485 g/mol. The third-order valence-corrected chi connectivity index (χ3v) is 8.14. The Balaban J connectivity index is 0.00000141. The van der Waals surface area contributed by atoms with Crippen molar-refractivity contribution < 1.29 is 13.8 Å². The van der Waals surface area contributed by atoms with Gasteiger partial charge in [-0.25, -0.2) is 14.4 Å². The van der Waals surface area contributed by atoms with Crippen molar-refractivity contribution in [1.29, 1.82) is 0 Å². The summed E-state index contributed by atoms with van der Waals surface area (Å²) in [6.07, 6.45) is 4.33. The van der Waals surface area contributed by atoms with Gasteiger partial charge in [-0.05, 0) is 58.2 Å². The molecular weight excluding hydrogens is 443 g/mol. The molecule has 0 radical (unpaired) electrons. The summed E-state index contributed by atoms with van der Waals surface area (Å²) in [6.45, 7) is 20.5. The van der Waals surface area contributed by atoms with Crippen LogP contribution in [0, 0.1) is 17.2 Å². The molecule has 7 nitrogen and oxygen atoms in total. The highest BCUT2D eigenvalue weighted by Crippen LogP contribution is 2.52. The minimum atomic E-state index is -0.899. The standard InChI is InChI=1S/C25H35FN6O.C2H6/c1-5-27-21-10-18(26)9-20-22(21)28-23(33)24(20,3)32-8-6-7-19(13-32)30-29-16(2)17-11-25(12-17)14-31(4)15-25;1-2/h9-10,17,19,27,29-30H,2,4-8,11-15H2,1,3H3;1-2H3/p+1. The first-order valence-electron chi connectivity index (χ1n) is 13.1. The second-order valence-electron chi connectivity index (χ2n) is 10.6. The van der Waals surface area contributed by atoms with E-state index in [1.165, 1.54) is 25.0 Å². The molecule has 1 aromatic carbocycles. The van der Waals surface area contributed by atoms with Crippen LogP contribution in [-0.4, -0.2) is 60.9 Å². The fourth-order valence-corrected chi connectivity index (χ4v) is 6.32. The summed E-state index contributed by atoms with van der Waals surface area (Å²) in [5.74, 6) is 0.0761. The molecule has 1 aromatic rings. The molecule has 4 N–H and O–H groups in total. The molecule has 1 amide bonds. The minimum absolute atomic E-state index is 0.0972. The van der Waals surface area contributed by atoms with Crippen molar-refractivity contribution in [3.8, 4) is 0 Å². The topological polar surface area (TPSA) is 71.4 Å².